The van der Waals surface area contributed by atoms with Crippen molar-refractivity contribution < 1.29 is 23.9 Å². The highest BCUT2D eigenvalue weighted by Crippen LogP contribution is 2.19. The van der Waals surface area contributed by atoms with Gasteiger partial charge in [0.15, 0.2) is 5.78 Å². The van der Waals surface area contributed by atoms with Crippen LogP contribution in [0, 0.1) is 0 Å². The Kier molecular flexibility index (Phi) is 5.50. The quantitative estimate of drug-likeness (QED) is 0.405. The third-order valence-corrected chi connectivity index (χ3v) is 4.06. The first-order valence-corrected chi connectivity index (χ1v) is 8.39. The van der Waals surface area contributed by atoms with Crippen LogP contribution in [0.4, 0.5) is 0 Å². The minimum absolute atomic E-state index is 0.255. The van der Waals surface area contributed by atoms with Gasteiger partial charge in [-0.25, -0.2) is 4.79 Å². The molecule has 0 spiro atoms. The second-order valence-electron chi connectivity index (χ2n) is 5.92. The number of ketones is 1. The molecule has 6 nitrogen and oxygen atoms in total. The van der Waals surface area contributed by atoms with E-state index in [9.17, 15) is 14.4 Å². The normalized spacial score (nSPS) is 10.2. The number of rotatable bonds is 6. The number of ether oxygens (including phenoxy) is 2. The summed E-state index contributed by atoms with van der Waals surface area (Å²) >= 11 is 0. The number of esters is 1. The van der Waals surface area contributed by atoms with Gasteiger partial charge in [0, 0.05) is 16.7 Å². The van der Waals surface area contributed by atoms with Crippen LogP contribution in [-0.2, 0) is 0 Å². The summed E-state index contributed by atoms with van der Waals surface area (Å²) < 4.78 is 10.3. The molecule has 2 N–H and O–H groups in total. The molecule has 0 radical (unpaired) electrons. The fourth-order valence-corrected chi connectivity index (χ4v) is 2.55. The van der Waals surface area contributed by atoms with Crippen LogP contribution in [0.5, 0.6) is 11.5 Å². The zero-order valence-corrected chi connectivity index (χ0v) is 15.0. The summed E-state index contributed by atoms with van der Waals surface area (Å²) in [4.78, 5) is 36.1. The number of amides is 1. The summed E-state index contributed by atoms with van der Waals surface area (Å²) in [5.74, 6) is -0.387. The van der Waals surface area contributed by atoms with Gasteiger partial charge < -0.3 is 15.2 Å². The van der Waals surface area contributed by atoms with Crippen LogP contribution >= 0.6 is 0 Å². The van der Waals surface area contributed by atoms with Gasteiger partial charge >= 0.3 is 5.97 Å². The van der Waals surface area contributed by atoms with Gasteiger partial charge in [-0.3, -0.25) is 9.59 Å². The third kappa shape index (κ3) is 4.24. The van der Waals surface area contributed by atoms with Crippen molar-refractivity contribution in [2.75, 3.05) is 7.11 Å². The highest BCUT2D eigenvalue weighted by molar-refractivity contribution is 6.10. The fraction of sp³-hybridized carbons (Fsp3) is 0.0455. The molecule has 1 amide bonds. The number of hydrogen-bond donors (Lipinski definition) is 1. The van der Waals surface area contributed by atoms with E-state index in [0.29, 0.717) is 28.2 Å². The van der Waals surface area contributed by atoms with E-state index in [-0.39, 0.29) is 11.3 Å². The summed E-state index contributed by atoms with van der Waals surface area (Å²) in [6, 6.07) is 18.9. The number of carbonyl (C=O) groups is 3. The Bertz CT molecular complexity index is 1020. The molecule has 0 aliphatic rings. The van der Waals surface area contributed by atoms with Gasteiger partial charge in [-0.15, -0.1) is 0 Å². The van der Waals surface area contributed by atoms with Gasteiger partial charge in [0.1, 0.15) is 11.5 Å². The van der Waals surface area contributed by atoms with Gasteiger partial charge in [-0.2, -0.15) is 0 Å². The molecule has 0 saturated carbocycles. The second kappa shape index (κ2) is 8.18. The first-order chi connectivity index (χ1) is 13.5. The number of benzene rings is 3. The van der Waals surface area contributed by atoms with Crippen molar-refractivity contribution in [2.45, 2.75) is 0 Å². The molecule has 0 aliphatic heterocycles. The van der Waals surface area contributed by atoms with Gasteiger partial charge in [0.25, 0.3) is 0 Å². The maximum atomic E-state index is 12.6. The van der Waals surface area contributed by atoms with Crippen LogP contribution in [0.15, 0.2) is 72.8 Å². The zero-order valence-electron chi connectivity index (χ0n) is 15.0. The first kappa shape index (κ1) is 18.8. The summed E-state index contributed by atoms with van der Waals surface area (Å²) in [6.07, 6.45) is 0. The van der Waals surface area contributed by atoms with Crippen LogP contribution < -0.4 is 15.2 Å². The lowest BCUT2D eigenvalue weighted by Gasteiger charge is -2.07. The molecular weight excluding hydrogens is 358 g/mol. The van der Waals surface area contributed by atoms with Crippen molar-refractivity contribution in [3.05, 3.63) is 95.1 Å². The SMILES string of the molecule is COc1ccc(OC(=O)c2ccc(C(=O)c3cccc(C(N)=O)c3)cc2)cc1. The Hall–Kier alpha value is -3.93. The number of primary amides is 1. The standard InChI is InChI=1S/C22H17NO5/c1-27-18-9-11-19(12-10-18)28-22(26)15-7-5-14(6-8-15)20(24)16-3-2-4-17(13-16)21(23)25/h2-13H,1H3,(H2,23,25). The van der Waals surface area contributed by atoms with E-state index >= 15 is 0 Å². The zero-order chi connectivity index (χ0) is 20.1. The van der Waals surface area contributed by atoms with Gasteiger partial charge in [-0.05, 0) is 48.5 Å². The monoisotopic (exact) mass is 375 g/mol. The maximum absolute atomic E-state index is 12.6. The average molecular weight is 375 g/mol. The lowest BCUT2D eigenvalue weighted by Crippen LogP contribution is -2.12. The summed E-state index contributed by atoms with van der Waals surface area (Å²) in [7, 11) is 1.55. The summed E-state index contributed by atoms with van der Waals surface area (Å²) in [5.41, 5.74) is 6.52. The smallest absolute Gasteiger partial charge is 0.343 e. The maximum Gasteiger partial charge on any atom is 0.343 e. The van der Waals surface area contributed by atoms with E-state index in [2.05, 4.69) is 0 Å². The van der Waals surface area contributed by atoms with Crippen LogP contribution in [0.2, 0.25) is 0 Å². The fourth-order valence-electron chi connectivity index (χ4n) is 2.55. The number of hydrogen-bond acceptors (Lipinski definition) is 5. The summed E-state index contributed by atoms with van der Waals surface area (Å²) in [6.45, 7) is 0. The van der Waals surface area contributed by atoms with E-state index in [1.54, 1.807) is 43.5 Å². The van der Waals surface area contributed by atoms with E-state index in [0.717, 1.165) is 0 Å². The predicted octanol–water partition coefficient (Wildman–Crippen LogP) is 3.24. The van der Waals surface area contributed by atoms with Crippen LogP contribution in [0.3, 0.4) is 0 Å². The molecule has 0 saturated heterocycles. The van der Waals surface area contributed by atoms with Crippen molar-refractivity contribution >= 4 is 17.7 Å². The predicted molar refractivity (Wildman–Crippen MR) is 103 cm³/mol. The van der Waals surface area contributed by atoms with Crippen molar-refractivity contribution in [3.8, 4) is 11.5 Å². The average Bonchev–Trinajstić information content (AvgIpc) is 2.74. The topological polar surface area (TPSA) is 95.7 Å². The van der Waals surface area contributed by atoms with Crippen molar-refractivity contribution in [2.24, 2.45) is 5.73 Å². The number of carbonyl (C=O) groups excluding carboxylic acids is 3. The van der Waals surface area contributed by atoms with E-state index < -0.39 is 11.9 Å². The Labute approximate surface area is 161 Å². The van der Waals surface area contributed by atoms with Gasteiger partial charge in [0.2, 0.25) is 5.91 Å². The van der Waals surface area contributed by atoms with Crippen molar-refractivity contribution in [3.63, 3.8) is 0 Å². The molecule has 140 valence electrons. The Morgan fingerprint density at radius 2 is 1.29 bits per heavy atom. The lowest BCUT2D eigenvalue weighted by molar-refractivity contribution is 0.0734. The molecule has 28 heavy (non-hydrogen) atoms. The molecule has 0 bridgehead atoms. The molecule has 6 heteroatoms. The van der Waals surface area contributed by atoms with Crippen LogP contribution in [0.1, 0.15) is 36.6 Å². The van der Waals surface area contributed by atoms with Crippen LogP contribution in [-0.4, -0.2) is 24.8 Å². The molecule has 0 atom stereocenters. The van der Waals surface area contributed by atoms with Gasteiger partial charge in [0.05, 0.1) is 12.7 Å². The van der Waals surface area contributed by atoms with Crippen molar-refractivity contribution in [1.29, 1.82) is 0 Å². The second-order valence-corrected chi connectivity index (χ2v) is 5.92. The van der Waals surface area contributed by atoms with E-state index in [4.69, 9.17) is 15.2 Å². The number of nitrogens with two attached hydrogens (primary N) is 1. The number of methoxy groups -OCH3 is 1. The highest BCUT2D eigenvalue weighted by Gasteiger charge is 2.13. The van der Waals surface area contributed by atoms with Crippen LogP contribution in [0.25, 0.3) is 0 Å². The summed E-state index contributed by atoms with van der Waals surface area (Å²) in [5, 5.41) is 0. The van der Waals surface area contributed by atoms with Gasteiger partial charge in [-0.1, -0.05) is 24.3 Å². The van der Waals surface area contributed by atoms with E-state index in [1.807, 2.05) is 0 Å². The molecule has 3 aromatic carbocycles. The Balaban J connectivity index is 1.73. The lowest BCUT2D eigenvalue weighted by atomic mass is 10.00. The Morgan fingerprint density at radius 3 is 1.89 bits per heavy atom. The first-order valence-electron chi connectivity index (χ1n) is 8.39. The molecular formula is C22H17NO5. The van der Waals surface area contributed by atoms with E-state index in [1.165, 1.54) is 36.4 Å². The largest absolute Gasteiger partial charge is 0.497 e. The molecule has 0 aliphatic carbocycles. The molecule has 0 fully saturated rings. The third-order valence-electron chi connectivity index (χ3n) is 4.06. The molecule has 0 aromatic heterocycles. The molecule has 3 rings (SSSR count). The van der Waals surface area contributed by atoms with Crippen molar-refractivity contribution in [1.82, 2.24) is 0 Å². The Morgan fingerprint density at radius 1 is 0.714 bits per heavy atom. The minimum atomic E-state index is -0.605. The highest BCUT2D eigenvalue weighted by atomic mass is 16.5. The molecule has 0 heterocycles. The minimum Gasteiger partial charge on any atom is -0.497 e. The molecule has 0 unspecified atom stereocenters. The molecule has 3 aromatic rings.